The Morgan fingerprint density at radius 1 is 1.00 bits per heavy atom. The Balaban J connectivity index is 1.87. The normalized spacial score (nSPS) is 11.7. The molecule has 4 nitrogen and oxygen atoms in total. The second-order valence-electron chi connectivity index (χ2n) is 5.63. The number of carbonyl (C=O) groups is 1. The Labute approximate surface area is 151 Å². The molecule has 126 valence electrons. The number of hydrogen-bond donors (Lipinski definition) is 1. The quantitative estimate of drug-likeness (QED) is 0.428. The van der Waals surface area contributed by atoms with Gasteiger partial charge in [0.05, 0.1) is 0 Å². The van der Waals surface area contributed by atoms with E-state index in [9.17, 15) is 10.0 Å². The minimum atomic E-state index is -0.523. The van der Waals surface area contributed by atoms with Crippen LogP contribution in [-0.2, 0) is 4.79 Å². The molecule has 1 amide bonds. The Morgan fingerprint density at radius 2 is 1.68 bits per heavy atom. The van der Waals surface area contributed by atoms with Crippen molar-refractivity contribution in [2.75, 3.05) is 5.32 Å². The lowest BCUT2D eigenvalue weighted by atomic mass is 10.1. The van der Waals surface area contributed by atoms with Crippen LogP contribution in [0.2, 0.25) is 0 Å². The predicted octanol–water partition coefficient (Wildman–Crippen LogP) is 4.10. The van der Waals surface area contributed by atoms with E-state index in [4.69, 9.17) is 0 Å². The van der Waals surface area contributed by atoms with Crippen LogP contribution in [0.15, 0.2) is 84.0 Å². The van der Waals surface area contributed by atoms with Crippen molar-refractivity contribution in [1.82, 2.24) is 0 Å². The highest BCUT2D eigenvalue weighted by Gasteiger charge is 2.25. The Hall–Kier alpha value is -2.79. The minimum Gasteiger partial charge on any atom is -0.618 e. The zero-order chi connectivity index (χ0) is 17.6. The van der Waals surface area contributed by atoms with Gasteiger partial charge in [0.1, 0.15) is 5.25 Å². The summed E-state index contributed by atoms with van der Waals surface area (Å²) in [7, 11) is 0. The smallest absolute Gasteiger partial charge is 0.252 e. The van der Waals surface area contributed by atoms with Crippen LogP contribution in [0.3, 0.4) is 0 Å². The van der Waals surface area contributed by atoms with Gasteiger partial charge in [0.2, 0.25) is 5.91 Å². The number of aryl methyl sites for hydroxylation is 1. The lowest BCUT2D eigenvalue weighted by Crippen LogP contribution is -2.29. The Morgan fingerprint density at radius 3 is 2.36 bits per heavy atom. The average molecular weight is 350 g/mol. The minimum absolute atomic E-state index is 0.163. The average Bonchev–Trinajstić information content (AvgIpc) is 2.63. The highest BCUT2D eigenvalue weighted by molar-refractivity contribution is 8.00. The standard InChI is InChI=1S/C20H18N2O2S/c1-15-10-12-17(13-11-15)21-20(23)19(16-7-3-2-4-8-16)25-18-9-5-6-14-22(18)24/h2-14,19H,1H3,(H,21,23). The van der Waals surface area contributed by atoms with E-state index in [-0.39, 0.29) is 5.91 Å². The van der Waals surface area contributed by atoms with E-state index in [0.717, 1.165) is 21.5 Å². The number of amides is 1. The maximum absolute atomic E-state index is 12.9. The first-order valence-corrected chi connectivity index (χ1v) is 8.79. The molecule has 1 N–H and O–H groups in total. The summed E-state index contributed by atoms with van der Waals surface area (Å²) in [5, 5.41) is 14.9. The van der Waals surface area contributed by atoms with Crippen molar-refractivity contribution in [2.24, 2.45) is 0 Å². The lowest BCUT2D eigenvalue weighted by molar-refractivity contribution is -0.645. The van der Waals surface area contributed by atoms with Gasteiger partial charge < -0.3 is 10.5 Å². The fourth-order valence-electron chi connectivity index (χ4n) is 2.37. The molecule has 1 atom stereocenters. The zero-order valence-corrected chi connectivity index (χ0v) is 14.6. The monoisotopic (exact) mass is 350 g/mol. The molecule has 2 aromatic carbocycles. The third kappa shape index (κ3) is 4.39. The van der Waals surface area contributed by atoms with Crippen LogP contribution < -0.4 is 10.0 Å². The zero-order valence-electron chi connectivity index (χ0n) is 13.8. The number of thioether (sulfide) groups is 1. The molecule has 0 spiro atoms. The SMILES string of the molecule is Cc1ccc(NC(=O)C(Sc2cccc[n+]2[O-])c2ccccc2)cc1. The molecule has 0 aliphatic heterocycles. The molecule has 0 aliphatic carbocycles. The third-order valence-electron chi connectivity index (χ3n) is 3.69. The first-order chi connectivity index (χ1) is 12.1. The van der Waals surface area contributed by atoms with Gasteiger partial charge in [-0.25, -0.2) is 0 Å². The number of benzene rings is 2. The second kappa shape index (κ2) is 7.85. The predicted molar refractivity (Wildman–Crippen MR) is 100 cm³/mol. The molecule has 1 heterocycles. The van der Waals surface area contributed by atoms with Crippen LogP contribution in [0.5, 0.6) is 0 Å². The van der Waals surface area contributed by atoms with Crippen molar-refractivity contribution in [3.05, 3.63) is 95.3 Å². The van der Waals surface area contributed by atoms with Gasteiger partial charge in [-0.05, 0) is 42.4 Å². The number of carbonyl (C=O) groups excluding carboxylic acids is 1. The van der Waals surface area contributed by atoms with E-state index < -0.39 is 5.25 Å². The Kier molecular flexibility index (Phi) is 5.36. The van der Waals surface area contributed by atoms with Crippen LogP contribution in [0.4, 0.5) is 5.69 Å². The summed E-state index contributed by atoms with van der Waals surface area (Å²) >= 11 is 1.24. The molecule has 0 radical (unpaired) electrons. The van der Waals surface area contributed by atoms with Gasteiger partial charge in [0, 0.05) is 17.8 Å². The van der Waals surface area contributed by atoms with Gasteiger partial charge >= 0.3 is 0 Å². The number of pyridine rings is 1. The number of aromatic nitrogens is 1. The van der Waals surface area contributed by atoms with Crippen LogP contribution in [0.1, 0.15) is 16.4 Å². The van der Waals surface area contributed by atoms with Gasteiger partial charge in [0.15, 0.2) is 6.20 Å². The van der Waals surface area contributed by atoms with Crippen LogP contribution in [0.25, 0.3) is 0 Å². The van der Waals surface area contributed by atoms with E-state index >= 15 is 0 Å². The second-order valence-corrected chi connectivity index (χ2v) is 6.75. The lowest BCUT2D eigenvalue weighted by Gasteiger charge is -2.16. The summed E-state index contributed by atoms with van der Waals surface area (Å²) in [5.41, 5.74) is 2.71. The molecule has 1 unspecified atom stereocenters. The molecule has 0 saturated carbocycles. The Bertz CT molecular complexity index is 851. The van der Waals surface area contributed by atoms with E-state index in [1.807, 2.05) is 61.5 Å². The summed E-state index contributed by atoms with van der Waals surface area (Å²) in [5.74, 6) is -0.163. The summed E-state index contributed by atoms with van der Waals surface area (Å²) in [6.45, 7) is 2.00. The van der Waals surface area contributed by atoms with E-state index in [1.54, 1.807) is 18.2 Å². The molecule has 0 fully saturated rings. The summed E-state index contributed by atoms with van der Waals surface area (Å²) < 4.78 is 0.778. The van der Waals surface area contributed by atoms with Gasteiger partial charge in [-0.2, -0.15) is 4.73 Å². The molecular formula is C20H18N2O2S. The topological polar surface area (TPSA) is 56.0 Å². The highest BCUT2D eigenvalue weighted by Crippen LogP contribution is 2.34. The number of nitrogens with zero attached hydrogens (tertiary/aromatic N) is 1. The van der Waals surface area contributed by atoms with Crippen molar-refractivity contribution >= 4 is 23.4 Å². The molecule has 3 aromatic rings. The molecular weight excluding hydrogens is 332 g/mol. The summed E-state index contributed by atoms with van der Waals surface area (Å²) in [4.78, 5) is 12.9. The van der Waals surface area contributed by atoms with Gasteiger partial charge in [-0.1, -0.05) is 48.0 Å². The van der Waals surface area contributed by atoms with E-state index in [1.165, 1.54) is 18.0 Å². The third-order valence-corrected chi connectivity index (χ3v) is 4.97. The molecule has 3 rings (SSSR count). The van der Waals surface area contributed by atoms with Crippen molar-refractivity contribution in [2.45, 2.75) is 17.2 Å². The fraction of sp³-hybridized carbons (Fsp3) is 0.100. The summed E-state index contributed by atoms with van der Waals surface area (Å²) in [6.07, 6.45) is 1.43. The van der Waals surface area contributed by atoms with Gasteiger partial charge in [-0.15, -0.1) is 0 Å². The maximum Gasteiger partial charge on any atom is 0.252 e. The largest absolute Gasteiger partial charge is 0.618 e. The molecule has 1 aromatic heterocycles. The van der Waals surface area contributed by atoms with Crippen molar-refractivity contribution in [3.8, 4) is 0 Å². The molecule has 0 saturated heterocycles. The van der Waals surface area contributed by atoms with Crippen LogP contribution >= 0.6 is 11.8 Å². The van der Waals surface area contributed by atoms with Crippen molar-refractivity contribution in [1.29, 1.82) is 0 Å². The van der Waals surface area contributed by atoms with Gasteiger partial charge in [0.25, 0.3) is 5.03 Å². The molecule has 0 bridgehead atoms. The summed E-state index contributed by atoms with van der Waals surface area (Å²) in [6, 6.07) is 22.3. The molecule has 25 heavy (non-hydrogen) atoms. The first-order valence-electron chi connectivity index (χ1n) is 7.91. The number of hydrogen-bond acceptors (Lipinski definition) is 3. The first kappa shape index (κ1) is 17.0. The highest BCUT2D eigenvalue weighted by atomic mass is 32.2. The van der Waals surface area contributed by atoms with Crippen molar-refractivity contribution < 1.29 is 9.52 Å². The van der Waals surface area contributed by atoms with Crippen LogP contribution in [0, 0.1) is 12.1 Å². The molecule has 0 aliphatic rings. The maximum atomic E-state index is 12.9. The molecule has 5 heteroatoms. The van der Waals surface area contributed by atoms with E-state index in [2.05, 4.69) is 5.32 Å². The van der Waals surface area contributed by atoms with Crippen molar-refractivity contribution in [3.63, 3.8) is 0 Å². The number of anilines is 1. The number of rotatable bonds is 5. The number of nitrogens with one attached hydrogen (secondary N) is 1. The van der Waals surface area contributed by atoms with Crippen LogP contribution in [-0.4, -0.2) is 5.91 Å². The fourth-order valence-corrected chi connectivity index (χ4v) is 3.39. The van der Waals surface area contributed by atoms with Gasteiger partial charge in [-0.3, -0.25) is 4.79 Å². The van der Waals surface area contributed by atoms with E-state index in [0.29, 0.717) is 5.03 Å².